The topological polar surface area (TPSA) is 52.3 Å². The standard InChI is InChI=1S/C14H20BrNO2/c1-4-14(16,5-2)13(17)9-10-8-11(18-3)6-7-12(10)15/h6-8H,4-5,9,16H2,1-3H3. The molecule has 0 heterocycles. The lowest BCUT2D eigenvalue weighted by Gasteiger charge is -2.25. The molecule has 0 unspecified atom stereocenters. The van der Waals surface area contributed by atoms with Crippen molar-refractivity contribution in [1.29, 1.82) is 0 Å². The van der Waals surface area contributed by atoms with E-state index in [0.29, 0.717) is 19.3 Å². The van der Waals surface area contributed by atoms with E-state index in [1.165, 1.54) is 0 Å². The van der Waals surface area contributed by atoms with Crippen molar-refractivity contribution in [3.8, 4) is 5.75 Å². The van der Waals surface area contributed by atoms with Gasteiger partial charge in [0.05, 0.1) is 12.6 Å². The molecule has 1 rings (SSSR count). The SMILES string of the molecule is CCC(N)(CC)C(=O)Cc1cc(OC)ccc1Br. The second-order valence-electron chi connectivity index (χ2n) is 4.42. The zero-order chi connectivity index (χ0) is 13.8. The summed E-state index contributed by atoms with van der Waals surface area (Å²) in [5, 5.41) is 0. The summed E-state index contributed by atoms with van der Waals surface area (Å²) in [6.07, 6.45) is 1.64. The highest BCUT2D eigenvalue weighted by atomic mass is 79.9. The van der Waals surface area contributed by atoms with E-state index < -0.39 is 5.54 Å². The van der Waals surface area contributed by atoms with Crippen LogP contribution in [0.4, 0.5) is 0 Å². The first-order valence-corrected chi connectivity index (χ1v) is 6.90. The van der Waals surface area contributed by atoms with Gasteiger partial charge >= 0.3 is 0 Å². The van der Waals surface area contributed by atoms with Crippen molar-refractivity contribution in [1.82, 2.24) is 0 Å². The Labute approximate surface area is 117 Å². The van der Waals surface area contributed by atoms with E-state index in [9.17, 15) is 4.79 Å². The molecule has 0 bridgehead atoms. The monoisotopic (exact) mass is 313 g/mol. The molecule has 1 aromatic carbocycles. The number of ether oxygens (including phenoxy) is 1. The van der Waals surface area contributed by atoms with E-state index in [2.05, 4.69) is 15.9 Å². The molecule has 0 fully saturated rings. The van der Waals surface area contributed by atoms with Gasteiger partial charge in [0.15, 0.2) is 5.78 Å². The fourth-order valence-corrected chi connectivity index (χ4v) is 2.19. The zero-order valence-corrected chi connectivity index (χ0v) is 12.7. The number of benzene rings is 1. The maximum Gasteiger partial charge on any atom is 0.157 e. The maximum atomic E-state index is 12.3. The van der Waals surface area contributed by atoms with Crippen LogP contribution < -0.4 is 10.5 Å². The normalized spacial score (nSPS) is 11.4. The van der Waals surface area contributed by atoms with E-state index in [-0.39, 0.29) is 5.78 Å². The summed E-state index contributed by atoms with van der Waals surface area (Å²) < 4.78 is 6.07. The Morgan fingerprint density at radius 3 is 2.50 bits per heavy atom. The minimum atomic E-state index is -0.720. The average Bonchev–Trinajstić information content (AvgIpc) is 2.40. The van der Waals surface area contributed by atoms with E-state index in [4.69, 9.17) is 10.5 Å². The lowest BCUT2D eigenvalue weighted by molar-refractivity contribution is -0.123. The highest BCUT2D eigenvalue weighted by Crippen LogP contribution is 2.25. The van der Waals surface area contributed by atoms with Crippen molar-refractivity contribution in [3.05, 3.63) is 28.2 Å². The summed E-state index contributed by atoms with van der Waals surface area (Å²) >= 11 is 3.45. The Morgan fingerprint density at radius 2 is 2.00 bits per heavy atom. The van der Waals surface area contributed by atoms with Crippen LogP contribution >= 0.6 is 15.9 Å². The smallest absolute Gasteiger partial charge is 0.157 e. The third-order valence-electron chi connectivity index (χ3n) is 3.42. The zero-order valence-electron chi connectivity index (χ0n) is 11.1. The van der Waals surface area contributed by atoms with Crippen LogP contribution in [-0.2, 0) is 11.2 Å². The van der Waals surface area contributed by atoms with Crippen molar-refractivity contribution in [2.75, 3.05) is 7.11 Å². The number of rotatable bonds is 6. The number of hydrogen-bond acceptors (Lipinski definition) is 3. The molecule has 4 heteroatoms. The van der Waals surface area contributed by atoms with Crippen molar-refractivity contribution >= 4 is 21.7 Å². The van der Waals surface area contributed by atoms with Gasteiger partial charge in [-0.3, -0.25) is 4.79 Å². The minimum Gasteiger partial charge on any atom is -0.497 e. The van der Waals surface area contributed by atoms with Crippen LogP contribution in [0.1, 0.15) is 32.3 Å². The molecular formula is C14H20BrNO2. The highest BCUT2D eigenvalue weighted by molar-refractivity contribution is 9.10. The number of ketones is 1. The lowest BCUT2D eigenvalue weighted by Crippen LogP contribution is -2.47. The molecule has 0 aromatic heterocycles. The summed E-state index contributed by atoms with van der Waals surface area (Å²) in [6.45, 7) is 3.89. The first-order chi connectivity index (χ1) is 8.46. The van der Waals surface area contributed by atoms with Gasteiger partial charge in [-0.2, -0.15) is 0 Å². The van der Waals surface area contributed by atoms with E-state index in [1.807, 2.05) is 32.0 Å². The minimum absolute atomic E-state index is 0.0708. The van der Waals surface area contributed by atoms with E-state index >= 15 is 0 Å². The van der Waals surface area contributed by atoms with E-state index in [1.54, 1.807) is 7.11 Å². The molecule has 2 N–H and O–H groups in total. The number of Topliss-reactive ketones (excluding diaryl/α,β-unsaturated/α-hetero) is 1. The lowest BCUT2D eigenvalue weighted by atomic mass is 9.86. The van der Waals surface area contributed by atoms with Gasteiger partial charge in [0.1, 0.15) is 5.75 Å². The molecule has 0 atom stereocenters. The predicted octanol–water partition coefficient (Wildman–Crippen LogP) is 3.09. The average molecular weight is 314 g/mol. The molecule has 0 saturated heterocycles. The summed E-state index contributed by atoms with van der Waals surface area (Å²) in [5.74, 6) is 0.818. The Bertz CT molecular complexity index is 428. The predicted molar refractivity (Wildman–Crippen MR) is 76.9 cm³/mol. The van der Waals surface area contributed by atoms with Gasteiger partial charge in [0, 0.05) is 10.9 Å². The van der Waals surface area contributed by atoms with Gasteiger partial charge in [0.2, 0.25) is 0 Å². The molecule has 0 radical (unpaired) electrons. The Balaban J connectivity index is 2.94. The fraction of sp³-hybridized carbons (Fsp3) is 0.500. The van der Waals surface area contributed by atoms with Crippen LogP contribution in [-0.4, -0.2) is 18.4 Å². The fourth-order valence-electron chi connectivity index (χ4n) is 1.81. The molecular weight excluding hydrogens is 294 g/mol. The van der Waals surface area contributed by atoms with Gasteiger partial charge in [-0.1, -0.05) is 29.8 Å². The van der Waals surface area contributed by atoms with Crippen molar-refractivity contribution in [2.24, 2.45) is 5.73 Å². The second kappa shape index (κ2) is 6.34. The van der Waals surface area contributed by atoms with Crippen LogP contribution in [0.5, 0.6) is 5.75 Å². The van der Waals surface area contributed by atoms with Gasteiger partial charge in [-0.05, 0) is 36.6 Å². The summed E-state index contributed by atoms with van der Waals surface area (Å²) in [6, 6.07) is 5.61. The van der Waals surface area contributed by atoms with Gasteiger partial charge < -0.3 is 10.5 Å². The maximum absolute atomic E-state index is 12.3. The second-order valence-corrected chi connectivity index (χ2v) is 5.27. The van der Waals surface area contributed by atoms with Crippen molar-refractivity contribution in [2.45, 2.75) is 38.6 Å². The number of nitrogens with two attached hydrogens (primary N) is 1. The number of carbonyl (C=O) groups is 1. The molecule has 1 aromatic rings. The molecule has 0 spiro atoms. The summed E-state index contributed by atoms with van der Waals surface area (Å²) in [7, 11) is 1.61. The van der Waals surface area contributed by atoms with Crippen LogP contribution in [0.25, 0.3) is 0 Å². The molecule has 18 heavy (non-hydrogen) atoms. The van der Waals surface area contributed by atoms with Gasteiger partial charge in [-0.25, -0.2) is 0 Å². The Kier molecular flexibility index (Phi) is 5.35. The van der Waals surface area contributed by atoms with Crippen LogP contribution in [0.3, 0.4) is 0 Å². The van der Waals surface area contributed by atoms with E-state index in [0.717, 1.165) is 15.8 Å². The van der Waals surface area contributed by atoms with Gasteiger partial charge in [0.25, 0.3) is 0 Å². The van der Waals surface area contributed by atoms with Crippen LogP contribution in [0.2, 0.25) is 0 Å². The first-order valence-electron chi connectivity index (χ1n) is 6.11. The first kappa shape index (κ1) is 15.2. The molecule has 3 nitrogen and oxygen atoms in total. The molecule has 0 aliphatic rings. The number of carbonyl (C=O) groups excluding carboxylic acids is 1. The van der Waals surface area contributed by atoms with Crippen molar-refractivity contribution < 1.29 is 9.53 Å². The quantitative estimate of drug-likeness (QED) is 0.878. The Morgan fingerprint density at radius 1 is 1.39 bits per heavy atom. The van der Waals surface area contributed by atoms with Crippen LogP contribution in [0, 0.1) is 0 Å². The molecule has 0 aliphatic heterocycles. The third-order valence-corrected chi connectivity index (χ3v) is 4.19. The summed E-state index contributed by atoms with van der Waals surface area (Å²) in [5.41, 5.74) is 6.31. The number of methoxy groups -OCH3 is 1. The van der Waals surface area contributed by atoms with Gasteiger partial charge in [-0.15, -0.1) is 0 Å². The molecule has 0 saturated carbocycles. The number of halogens is 1. The third kappa shape index (κ3) is 3.33. The highest BCUT2D eigenvalue weighted by Gasteiger charge is 2.29. The largest absolute Gasteiger partial charge is 0.497 e. The molecule has 100 valence electrons. The Hall–Kier alpha value is -0.870. The van der Waals surface area contributed by atoms with Crippen LogP contribution in [0.15, 0.2) is 22.7 Å². The number of hydrogen-bond donors (Lipinski definition) is 1. The molecule has 0 aliphatic carbocycles. The van der Waals surface area contributed by atoms with Crippen molar-refractivity contribution in [3.63, 3.8) is 0 Å². The molecule has 0 amide bonds. The summed E-state index contributed by atoms with van der Waals surface area (Å²) in [4.78, 5) is 12.3.